The molecule has 1 rings (SSSR count). The van der Waals surface area contributed by atoms with Crippen LogP contribution in [0, 0.1) is 20.8 Å². The molecule has 1 aromatic carbocycles. The van der Waals surface area contributed by atoms with Crippen molar-refractivity contribution in [2.24, 2.45) is 0 Å². The van der Waals surface area contributed by atoms with Crippen molar-refractivity contribution in [1.82, 2.24) is 0 Å². The molecule has 0 bridgehead atoms. The molecule has 1 radical (unpaired) electrons. The second-order valence-corrected chi connectivity index (χ2v) is 2.85. The van der Waals surface area contributed by atoms with Gasteiger partial charge in [0.05, 0.1) is 0 Å². The summed E-state index contributed by atoms with van der Waals surface area (Å²) in [5.41, 5.74) is 3.19. The highest BCUT2D eigenvalue weighted by molar-refractivity contribution is 5.93. The number of amides is 1. The van der Waals surface area contributed by atoms with E-state index in [0.29, 0.717) is 0 Å². The minimum Gasteiger partial charge on any atom is -0.326 e. The lowest BCUT2D eigenvalue weighted by atomic mass is 10.1. The van der Waals surface area contributed by atoms with Gasteiger partial charge < -0.3 is 5.32 Å². The Morgan fingerprint density at radius 2 is 2.00 bits per heavy atom. The lowest BCUT2D eigenvalue weighted by Crippen LogP contribution is -2.06. The first-order valence-corrected chi connectivity index (χ1v) is 3.80. The average molecular weight is 162 g/mol. The van der Waals surface area contributed by atoms with E-state index < -0.39 is 0 Å². The molecule has 0 heterocycles. The molecule has 2 heteroatoms. The fourth-order valence-corrected chi connectivity index (χ4v) is 0.980. The molecule has 0 aliphatic rings. The van der Waals surface area contributed by atoms with Crippen LogP contribution in [-0.4, -0.2) is 5.91 Å². The van der Waals surface area contributed by atoms with E-state index in [0.717, 1.165) is 5.69 Å². The molecule has 0 aliphatic heterocycles. The molecule has 0 saturated heterocycles. The molecule has 1 amide bonds. The summed E-state index contributed by atoms with van der Waals surface area (Å²) >= 11 is 0. The molecular formula is C10H12NO. The molecule has 0 fully saturated rings. The maximum absolute atomic E-state index is 10.6. The third kappa shape index (κ3) is 2.09. The molecule has 0 saturated carbocycles. The standard InChI is InChI=1S/C10H12NO/c1-7-4-5-10(6-8(7)2)11-9(3)12/h4-6H,3H2,1-2H3,(H,11,12). The predicted octanol–water partition coefficient (Wildman–Crippen LogP) is 2.08. The van der Waals surface area contributed by atoms with Crippen molar-refractivity contribution in [2.45, 2.75) is 13.8 Å². The van der Waals surface area contributed by atoms with E-state index in [9.17, 15) is 4.79 Å². The van der Waals surface area contributed by atoms with Crippen LogP contribution >= 0.6 is 0 Å². The van der Waals surface area contributed by atoms with Crippen LogP contribution in [0.1, 0.15) is 11.1 Å². The van der Waals surface area contributed by atoms with Crippen LogP contribution < -0.4 is 5.32 Å². The highest BCUT2D eigenvalue weighted by Gasteiger charge is 1.96. The van der Waals surface area contributed by atoms with Crippen molar-refractivity contribution in [1.29, 1.82) is 0 Å². The normalized spacial score (nSPS) is 9.58. The van der Waals surface area contributed by atoms with Gasteiger partial charge in [-0.15, -0.1) is 0 Å². The summed E-state index contributed by atoms with van der Waals surface area (Å²) in [5, 5.41) is 2.62. The number of benzene rings is 1. The van der Waals surface area contributed by atoms with Gasteiger partial charge in [0.25, 0.3) is 0 Å². The second-order valence-electron chi connectivity index (χ2n) is 2.85. The largest absolute Gasteiger partial charge is 0.326 e. The van der Waals surface area contributed by atoms with E-state index in [1.54, 1.807) is 0 Å². The van der Waals surface area contributed by atoms with E-state index in [-0.39, 0.29) is 5.91 Å². The highest BCUT2D eigenvalue weighted by Crippen LogP contribution is 2.13. The predicted molar refractivity (Wildman–Crippen MR) is 49.9 cm³/mol. The Bertz CT molecular complexity index is 305. The Morgan fingerprint density at radius 3 is 2.50 bits per heavy atom. The summed E-state index contributed by atoms with van der Waals surface area (Å²) in [4.78, 5) is 10.6. The van der Waals surface area contributed by atoms with Crippen molar-refractivity contribution in [3.63, 3.8) is 0 Å². The van der Waals surface area contributed by atoms with Gasteiger partial charge in [0, 0.05) is 12.6 Å². The Hall–Kier alpha value is -1.31. The monoisotopic (exact) mass is 162 g/mol. The molecule has 1 N–H and O–H groups in total. The van der Waals surface area contributed by atoms with Gasteiger partial charge in [0.2, 0.25) is 5.91 Å². The van der Waals surface area contributed by atoms with Gasteiger partial charge in [0.15, 0.2) is 0 Å². The van der Waals surface area contributed by atoms with Gasteiger partial charge in [-0.3, -0.25) is 4.79 Å². The van der Waals surface area contributed by atoms with Gasteiger partial charge in [-0.05, 0) is 37.1 Å². The summed E-state index contributed by atoms with van der Waals surface area (Å²) in [6.07, 6.45) is 0. The zero-order valence-corrected chi connectivity index (χ0v) is 7.35. The number of carbonyl (C=O) groups is 1. The van der Waals surface area contributed by atoms with Crippen LogP contribution in [0.4, 0.5) is 5.69 Å². The minimum atomic E-state index is -0.279. The van der Waals surface area contributed by atoms with E-state index in [1.807, 2.05) is 32.0 Å². The Morgan fingerprint density at radius 1 is 1.33 bits per heavy atom. The number of hydrogen-bond donors (Lipinski definition) is 1. The first-order valence-electron chi connectivity index (χ1n) is 3.80. The lowest BCUT2D eigenvalue weighted by molar-refractivity contribution is -0.112. The molecule has 2 nitrogen and oxygen atoms in total. The zero-order valence-electron chi connectivity index (χ0n) is 7.35. The molecule has 63 valence electrons. The van der Waals surface area contributed by atoms with E-state index >= 15 is 0 Å². The van der Waals surface area contributed by atoms with Crippen LogP contribution in [0.2, 0.25) is 0 Å². The van der Waals surface area contributed by atoms with Crippen LogP contribution in [0.25, 0.3) is 0 Å². The average Bonchev–Trinajstić information content (AvgIpc) is 1.96. The fraction of sp³-hybridized carbons (Fsp3) is 0.200. The number of hydrogen-bond acceptors (Lipinski definition) is 1. The first-order chi connectivity index (χ1) is 5.59. The van der Waals surface area contributed by atoms with Crippen molar-refractivity contribution in [3.05, 3.63) is 36.2 Å². The van der Waals surface area contributed by atoms with Crippen LogP contribution in [-0.2, 0) is 4.79 Å². The van der Waals surface area contributed by atoms with Crippen molar-refractivity contribution in [3.8, 4) is 0 Å². The van der Waals surface area contributed by atoms with Crippen LogP contribution in [0.5, 0.6) is 0 Å². The van der Waals surface area contributed by atoms with E-state index in [1.165, 1.54) is 11.1 Å². The van der Waals surface area contributed by atoms with Crippen LogP contribution in [0.3, 0.4) is 0 Å². The summed E-state index contributed by atoms with van der Waals surface area (Å²) in [6.45, 7) is 7.28. The van der Waals surface area contributed by atoms with Gasteiger partial charge >= 0.3 is 0 Å². The van der Waals surface area contributed by atoms with Crippen LogP contribution in [0.15, 0.2) is 18.2 Å². The molecule has 0 atom stereocenters. The Balaban J connectivity index is 2.89. The number of rotatable bonds is 1. The molecule has 0 spiro atoms. The second kappa shape index (κ2) is 3.39. The third-order valence-electron chi connectivity index (χ3n) is 1.79. The van der Waals surface area contributed by atoms with Gasteiger partial charge in [-0.2, -0.15) is 0 Å². The molecular weight excluding hydrogens is 150 g/mol. The molecule has 12 heavy (non-hydrogen) atoms. The van der Waals surface area contributed by atoms with Gasteiger partial charge in [0.1, 0.15) is 0 Å². The molecule has 0 unspecified atom stereocenters. The Kier molecular flexibility index (Phi) is 2.48. The van der Waals surface area contributed by atoms with Crippen molar-refractivity contribution >= 4 is 11.6 Å². The first kappa shape index (κ1) is 8.78. The number of aryl methyl sites for hydroxylation is 2. The lowest BCUT2D eigenvalue weighted by Gasteiger charge is -2.04. The maximum atomic E-state index is 10.6. The van der Waals surface area contributed by atoms with Crippen molar-refractivity contribution in [2.75, 3.05) is 5.32 Å². The van der Waals surface area contributed by atoms with E-state index in [4.69, 9.17) is 0 Å². The van der Waals surface area contributed by atoms with Crippen molar-refractivity contribution < 1.29 is 4.79 Å². The number of nitrogens with one attached hydrogen (secondary N) is 1. The summed E-state index contributed by atoms with van der Waals surface area (Å²) in [6, 6.07) is 5.77. The molecule has 0 aromatic heterocycles. The molecule has 0 aliphatic carbocycles. The SMILES string of the molecule is [CH2]C(=O)Nc1ccc(C)c(C)c1. The minimum absolute atomic E-state index is 0.279. The highest BCUT2D eigenvalue weighted by atomic mass is 16.1. The number of carbonyl (C=O) groups excluding carboxylic acids is 1. The summed E-state index contributed by atoms with van der Waals surface area (Å²) in [5.74, 6) is -0.279. The molecule has 1 aromatic rings. The fourth-order valence-electron chi connectivity index (χ4n) is 0.980. The van der Waals surface area contributed by atoms with E-state index in [2.05, 4.69) is 12.2 Å². The topological polar surface area (TPSA) is 29.1 Å². The van der Waals surface area contributed by atoms with Gasteiger partial charge in [-0.25, -0.2) is 0 Å². The summed E-state index contributed by atoms with van der Waals surface area (Å²) < 4.78 is 0. The third-order valence-corrected chi connectivity index (χ3v) is 1.79. The smallest absolute Gasteiger partial charge is 0.224 e. The number of anilines is 1. The maximum Gasteiger partial charge on any atom is 0.224 e. The quantitative estimate of drug-likeness (QED) is 0.673. The zero-order chi connectivity index (χ0) is 9.14. The summed E-state index contributed by atoms with van der Waals surface area (Å²) in [7, 11) is 0. The van der Waals surface area contributed by atoms with Gasteiger partial charge in [-0.1, -0.05) is 6.07 Å². The Labute approximate surface area is 72.6 Å².